The number of methoxy groups -OCH3 is 1. The zero-order valence-electron chi connectivity index (χ0n) is 13.7. The number of aliphatic hydroxyl groups excluding tert-OH is 2. The summed E-state index contributed by atoms with van der Waals surface area (Å²) in [6.45, 7) is 10.1. The first-order valence-electron chi connectivity index (χ1n) is 7.58. The van der Waals surface area contributed by atoms with Crippen molar-refractivity contribution in [2.75, 3.05) is 7.11 Å². The van der Waals surface area contributed by atoms with E-state index < -0.39 is 17.8 Å². The van der Waals surface area contributed by atoms with Gasteiger partial charge in [0, 0.05) is 13.5 Å². The second-order valence-electron chi connectivity index (χ2n) is 6.96. The lowest BCUT2D eigenvalue weighted by Gasteiger charge is -2.37. The van der Waals surface area contributed by atoms with Crippen molar-refractivity contribution in [1.29, 1.82) is 0 Å². The second kappa shape index (κ2) is 8.23. The van der Waals surface area contributed by atoms with Crippen LogP contribution in [-0.2, 0) is 4.74 Å². The number of ether oxygens (including phenoxy) is 1. The molecular weight excluding hydrogens is 240 g/mol. The molecule has 0 radical (unpaired) electrons. The van der Waals surface area contributed by atoms with Gasteiger partial charge in [-0.1, -0.05) is 53.4 Å². The van der Waals surface area contributed by atoms with E-state index in [-0.39, 0.29) is 5.41 Å². The molecule has 0 rings (SSSR count). The number of hydrogen-bond acceptors (Lipinski definition) is 3. The van der Waals surface area contributed by atoms with E-state index in [2.05, 4.69) is 6.92 Å². The molecule has 0 amide bonds. The van der Waals surface area contributed by atoms with Gasteiger partial charge < -0.3 is 14.9 Å². The molecule has 0 aliphatic rings. The fourth-order valence-corrected chi connectivity index (χ4v) is 2.12. The van der Waals surface area contributed by atoms with E-state index in [0.717, 1.165) is 12.8 Å². The number of rotatable bonds is 9. The van der Waals surface area contributed by atoms with Gasteiger partial charge in [0.15, 0.2) is 0 Å². The summed E-state index contributed by atoms with van der Waals surface area (Å²) in [5, 5.41) is 20.5. The molecule has 19 heavy (non-hydrogen) atoms. The summed E-state index contributed by atoms with van der Waals surface area (Å²) in [5.41, 5.74) is -0.766. The predicted octanol–water partition coefficient (Wildman–Crippen LogP) is 3.52. The first-order chi connectivity index (χ1) is 8.67. The van der Waals surface area contributed by atoms with Gasteiger partial charge in [-0.25, -0.2) is 0 Å². The molecule has 0 saturated heterocycles. The van der Waals surface area contributed by atoms with E-state index in [4.69, 9.17) is 4.74 Å². The number of aliphatic hydroxyl groups is 2. The van der Waals surface area contributed by atoms with Crippen molar-refractivity contribution < 1.29 is 14.9 Å². The van der Waals surface area contributed by atoms with Gasteiger partial charge in [0.2, 0.25) is 0 Å². The molecule has 0 fully saturated rings. The van der Waals surface area contributed by atoms with E-state index in [1.165, 1.54) is 19.3 Å². The topological polar surface area (TPSA) is 49.7 Å². The van der Waals surface area contributed by atoms with Crippen LogP contribution in [0.1, 0.15) is 73.1 Å². The van der Waals surface area contributed by atoms with Gasteiger partial charge in [0.1, 0.15) is 0 Å². The van der Waals surface area contributed by atoms with Crippen LogP contribution in [0.25, 0.3) is 0 Å². The largest absolute Gasteiger partial charge is 0.392 e. The van der Waals surface area contributed by atoms with Crippen molar-refractivity contribution in [2.24, 2.45) is 5.41 Å². The molecule has 116 valence electrons. The zero-order chi connectivity index (χ0) is 15.1. The third-order valence-electron chi connectivity index (χ3n) is 4.14. The van der Waals surface area contributed by atoms with E-state index in [1.54, 1.807) is 7.11 Å². The lowest BCUT2D eigenvalue weighted by atomic mass is 9.81. The Balaban J connectivity index is 4.39. The summed E-state index contributed by atoms with van der Waals surface area (Å²) >= 11 is 0. The smallest absolute Gasteiger partial charge is 0.0909 e. The molecule has 0 saturated carbocycles. The molecule has 3 heteroatoms. The number of unbranched alkanes of at least 4 members (excludes halogenated alkanes) is 3. The van der Waals surface area contributed by atoms with Crippen LogP contribution in [0, 0.1) is 5.41 Å². The highest BCUT2D eigenvalue weighted by molar-refractivity contribution is 4.87. The Labute approximate surface area is 119 Å². The minimum absolute atomic E-state index is 0.210. The highest BCUT2D eigenvalue weighted by Crippen LogP contribution is 2.30. The van der Waals surface area contributed by atoms with Crippen LogP contribution in [-0.4, -0.2) is 35.1 Å². The lowest BCUT2D eigenvalue weighted by molar-refractivity contribution is -0.117. The monoisotopic (exact) mass is 274 g/mol. The third-order valence-corrected chi connectivity index (χ3v) is 4.14. The van der Waals surface area contributed by atoms with Crippen LogP contribution in [0.4, 0.5) is 0 Å². The molecule has 0 aliphatic carbocycles. The summed E-state index contributed by atoms with van der Waals surface area (Å²) in [4.78, 5) is 0. The van der Waals surface area contributed by atoms with E-state index in [0.29, 0.717) is 6.42 Å². The molecule has 0 aliphatic heterocycles. The molecule has 0 bridgehead atoms. The Kier molecular flexibility index (Phi) is 8.18. The molecule has 0 aromatic carbocycles. The highest BCUT2D eigenvalue weighted by atomic mass is 16.5. The van der Waals surface area contributed by atoms with Crippen LogP contribution in [0.2, 0.25) is 0 Å². The first kappa shape index (κ1) is 18.9. The van der Waals surface area contributed by atoms with Crippen LogP contribution >= 0.6 is 0 Å². The fourth-order valence-electron chi connectivity index (χ4n) is 2.12. The van der Waals surface area contributed by atoms with Gasteiger partial charge in [-0.15, -0.1) is 0 Å². The summed E-state index contributed by atoms with van der Waals surface area (Å²) in [7, 11) is 1.65. The SMILES string of the molecule is CCCCCCC(C)(OC)C(O)CC(O)C(C)(C)C. The summed E-state index contributed by atoms with van der Waals surface area (Å²) in [6.07, 6.45) is 4.70. The maximum absolute atomic E-state index is 10.4. The standard InChI is InChI=1S/C16H34O3/c1-7-8-9-10-11-16(5,19-6)14(18)12-13(17)15(2,3)4/h13-14,17-18H,7-12H2,1-6H3. The Bertz CT molecular complexity index is 235. The molecule has 0 heterocycles. The van der Waals surface area contributed by atoms with Crippen molar-refractivity contribution in [3.63, 3.8) is 0 Å². The van der Waals surface area contributed by atoms with E-state index in [1.807, 2.05) is 27.7 Å². The molecular formula is C16H34O3. The van der Waals surface area contributed by atoms with Crippen molar-refractivity contribution in [2.45, 2.75) is 91.0 Å². The Morgan fingerprint density at radius 1 is 0.947 bits per heavy atom. The predicted molar refractivity (Wildman–Crippen MR) is 80.3 cm³/mol. The Morgan fingerprint density at radius 2 is 1.53 bits per heavy atom. The molecule has 0 spiro atoms. The molecule has 3 nitrogen and oxygen atoms in total. The third kappa shape index (κ3) is 6.73. The van der Waals surface area contributed by atoms with Crippen LogP contribution in [0.3, 0.4) is 0 Å². The van der Waals surface area contributed by atoms with Crippen molar-refractivity contribution in [3.8, 4) is 0 Å². The van der Waals surface area contributed by atoms with E-state index >= 15 is 0 Å². The highest BCUT2D eigenvalue weighted by Gasteiger charge is 2.36. The van der Waals surface area contributed by atoms with E-state index in [9.17, 15) is 10.2 Å². The van der Waals surface area contributed by atoms with Crippen LogP contribution < -0.4 is 0 Å². The molecule has 2 N–H and O–H groups in total. The molecule has 0 aromatic rings. The first-order valence-corrected chi connectivity index (χ1v) is 7.58. The van der Waals surface area contributed by atoms with Crippen molar-refractivity contribution in [1.82, 2.24) is 0 Å². The van der Waals surface area contributed by atoms with Crippen LogP contribution in [0.5, 0.6) is 0 Å². The molecule has 3 atom stereocenters. The Morgan fingerprint density at radius 3 is 1.95 bits per heavy atom. The van der Waals surface area contributed by atoms with Gasteiger partial charge in [-0.3, -0.25) is 0 Å². The van der Waals surface area contributed by atoms with Gasteiger partial charge >= 0.3 is 0 Å². The molecule has 0 aromatic heterocycles. The summed E-state index contributed by atoms with van der Waals surface area (Å²) in [5.74, 6) is 0. The maximum Gasteiger partial charge on any atom is 0.0909 e. The lowest BCUT2D eigenvalue weighted by Crippen LogP contribution is -2.45. The van der Waals surface area contributed by atoms with Gasteiger partial charge in [-0.05, 0) is 18.8 Å². The minimum atomic E-state index is -0.631. The normalized spacial score (nSPS) is 18.9. The zero-order valence-corrected chi connectivity index (χ0v) is 13.7. The second-order valence-corrected chi connectivity index (χ2v) is 6.96. The average Bonchev–Trinajstić information content (AvgIpc) is 2.33. The summed E-state index contributed by atoms with van der Waals surface area (Å²) in [6, 6.07) is 0. The quantitative estimate of drug-likeness (QED) is 0.632. The maximum atomic E-state index is 10.4. The fraction of sp³-hybridized carbons (Fsp3) is 1.00. The minimum Gasteiger partial charge on any atom is -0.392 e. The average molecular weight is 274 g/mol. The van der Waals surface area contributed by atoms with Gasteiger partial charge in [0.25, 0.3) is 0 Å². The van der Waals surface area contributed by atoms with Crippen LogP contribution in [0.15, 0.2) is 0 Å². The Hall–Kier alpha value is -0.120. The van der Waals surface area contributed by atoms with Crippen molar-refractivity contribution >= 4 is 0 Å². The summed E-state index contributed by atoms with van der Waals surface area (Å²) < 4.78 is 5.53. The van der Waals surface area contributed by atoms with Crippen molar-refractivity contribution in [3.05, 3.63) is 0 Å². The molecule has 3 unspecified atom stereocenters. The van der Waals surface area contributed by atoms with Gasteiger partial charge in [0.05, 0.1) is 17.8 Å². The van der Waals surface area contributed by atoms with Gasteiger partial charge in [-0.2, -0.15) is 0 Å². The number of hydrogen-bond donors (Lipinski definition) is 2.